The summed E-state index contributed by atoms with van der Waals surface area (Å²) in [4.78, 5) is 2.02. The molecular weight excluding hydrogens is 390 g/mol. The molecule has 0 bridgehead atoms. The molecule has 27 heavy (non-hydrogen) atoms. The number of hydrogen-bond donors (Lipinski definition) is 1. The third kappa shape index (κ3) is 4.24. The van der Waals surface area contributed by atoms with Gasteiger partial charge >= 0.3 is 0 Å². The van der Waals surface area contributed by atoms with E-state index in [1.807, 2.05) is 24.3 Å². The monoisotopic (exact) mass is 411 g/mol. The maximum atomic E-state index is 12.8. The Morgan fingerprint density at radius 3 is 2.04 bits per heavy atom. The van der Waals surface area contributed by atoms with Gasteiger partial charge in [-0.1, -0.05) is 6.07 Å². The van der Waals surface area contributed by atoms with E-state index >= 15 is 0 Å². The van der Waals surface area contributed by atoms with Crippen LogP contribution in [0.25, 0.3) is 0 Å². The van der Waals surface area contributed by atoms with E-state index < -0.39 is 20.0 Å². The molecule has 2 N–H and O–H groups in total. The summed E-state index contributed by atoms with van der Waals surface area (Å²) < 4.78 is 54.9. The van der Waals surface area contributed by atoms with Crippen molar-refractivity contribution in [3.63, 3.8) is 0 Å². The lowest BCUT2D eigenvalue weighted by Crippen LogP contribution is -2.48. The molecule has 8 nitrogen and oxygen atoms in total. The van der Waals surface area contributed by atoms with Crippen LogP contribution in [0.1, 0.15) is 0 Å². The molecule has 1 fully saturated rings. The molecule has 0 amide bonds. The summed E-state index contributed by atoms with van der Waals surface area (Å²) in [6.07, 6.45) is 0. The predicted molar refractivity (Wildman–Crippen MR) is 102 cm³/mol. The lowest BCUT2D eigenvalue weighted by atomic mass is 10.2. The van der Waals surface area contributed by atoms with Crippen LogP contribution in [-0.4, -0.2) is 54.4 Å². The smallest absolute Gasteiger partial charge is 0.243 e. The summed E-state index contributed by atoms with van der Waals surface area (Å²) in [5, 5.41) is 5.05. The van der Waals surface area contributed by atoms with E-state index in [1.165, 1.54) is 28.6 Å². The maximum Gasteiger partial charge on any atom is 0.243 e. The minimum atomic E-state index is -3.86. The first-order chi connectivity index (χ1) is 12.7. The molecular formula is C17H21N3O5S2. The summed E-state index contributed by atoms with van der Waals surface area (Å²) in [6, 6.07) is 12.6. The van der Waals surface area contributed by atoms with Crippen molar-refractivity contribution in [3.05, 3.63) is 48.5 Å². The highest BCUT2D eigenvalue weighted by Crippen LogP contribution is 2.24. The molecule has 3 rings (SSSR count). The number of sulfonamides is 2. The topological polar surface area (TPSA) is 110 Å². The highest BCUT2D eigenvalue weighted by atomic mass is 32.2. The molecule has 1 aliphatic rings. The number of primary sulfonamides is 1. The Morgan fingerprint density at radius 2 is 1.48 bits per heavy atom. The van der Waals surface area contributed by atoms with Gasteiger partial charge in [0.2, 0.25) is 20.0 Å². The second-order valence-corrected chi connectivity index (χ2v) is 9.61. The van der Waals surface area contributed by atoms with Crippen LogP contribution in [0.2, 0.25) is 0 Å². The standard InChI is InChI=1S/C17H21N3O5S2/c1-25-15-4-2-3-14(13-15)19-9-11-20(12-10-19)27(23,24)17-7-5-16(6-8-17)26(18,21)22/h2-8,13H,9-12H2,1H3,(H2,18,21,22). The van der Waals surface area contributed by atoms with Gasteiger partial charge in [0.1, 0.15) is 5.75 Å². The van der Waals surface area contributed by atoms with Crippen LogP contribution >= 0.6 is 0 Å². The Labute approximate surface area is 159 Å². The quantitative estimate of drug-likeness (QED) is 0.781. The average Bonchev–Trinajstić information content (AvgIpc) is 2.67. The lowest BCUT2D eigenvalue weighted by Gasteiger charge is -2.35. The van der Waals surface area contributed by atoms with Gasteiger partial charge < -0.3 is 9.64 Å². The van der Waals surface area contributed by atoms with Gasteiger partial charge in [0.15, 0.2) is 0 Å². The van der Waals surface area contributed by atoms with Gasteiger partial charge in [-0.2, -0.15) is 4.31 Å². The highest BCUT2D eigenvalue weighted by Gasteiger charge is 2.29. The summed E-state index contributed by atoms with van der Waals surface area (Å²) in [5.41, 5.74) is 0.976. The van der Waals surface area contributed by atoms with Crippen LogP contribution in [0.3, 0.4) is 0 Å². The van der Waals surface area contributed by atoms with Crippen LogP contribution in [0.5, 0.6) is 5.75 Å². The van der Waals surface area contributed by atoms with Gasteiger partial charge in [-0.15, -0.1) is 0 Å². The predicted octanol–water partition coefficient (Wildman–Crippen LogP) is 0.854. The second kappa shape index (κ2) is 7.47. The number of nitrogens with zero attached hydrogens (tertiary/aromatic N) is 2. The Hall–Kier alpha value is -2.14. The van der Waals surface area contributed by atoms with Gasteiger partial charge in [-0.3, -0.25) is 0 Å². The van der Waals surface area contributed by atoms with Gasteiger partial charge in [-0.05, 0) is 36.4 Å². The van der Waals surface area contributed by atoms with Crippen molar-refractivity contribution in [2.45, 2.75) is 9.79 Å². The molecule has 2 aromatic rings. The van der Waals surface area contributed by atoms with E-state index in [1.54, 1.807) is 7.11 Å². The van der Waals surface area contributed by atoms with Crippen LogP contribution in [0.4, 0.5) is 5.69 Å². The van der Waals surface area contributed by atoms with E-state index in [9.17, 15) is 16.8 Å². The molecule has 0 aliphatic carbocycles. The fourth-order valence-corrected chi connectivity index (χ4v) is 4.88. The van der Waals surface area contributed by atoms with Gasteiger partial charge in [-0.25, -0.2) is 22.0 Å². The van der Waals surface area contributed by atoms with Crippen molar-refractivity contribution >= 4 is 25.7 Å². The average molecular weight is 412 g/mol. The maximum absolute atomic E-state index is 12.8. The molecule has 0 radical (unpaired) electrons. The largest absolute Gasteiger partial charge is 0.497 e. The van der Waals surface area contributed by atoms with Crippen molar-refractivity contribution in [1.82, 2.24) is 4.31 Å². The molecule has 0 aromatic heterocycles. The molecule has 1 heterocycles. The lowest BCUT2D eigenvalue weighted by molar-refractivity contribution is 0.384. The number of ether oxygens (including phenoxy) is 1. The number of rotatable bonds is 5. The molecule has 1 aliphatic heterocycles. The van der Waals surface area contributed by atoms with Crippen molar-refractivity contribution in [1.29, 1.82) is 0 Å². The van der Waals surface area contributed by atoms with Crippen molar-refractivity contribution in [3.8, 4) is 5.75 Å². The molecule has 0 spiro atoms. The van der Waals surface area contributed by atoms with Crippen molar-refractivity contribution in [2.75, 3.05) is 38.2 Å². The Kier molecular flexibility index (Phi) is 5.43. The zero-order valence-corrected chi connectivity index (χ0v) is 16.4. The fourth-order valence-electron chi connectivity index (χ4n) is 2.94. The van der Waals surface area contributed by atoms with Gasteiger partial charge in [0.05, 0.1) is 16.9 Å². The Morgan fingerprint density at radius 1 is 0.889 bits per heavy atom. The van der Waals surface area contributed by atoms with E-state index in [-0.39, 0.29) is 9.79 Å². The van der Waals surface area contributed by atoms with Crippen LogP contribution in [-0.2, 0) is 20.0 Å². The number of methoxy groups -OCH3 is 1. The summed E-state index contributed by atoms with van der Waals surface area (Å²) in [6.45, 7) is 1.75. The highest BCUT2D eigenvalue weighted by molar-refractivity contribution is 7.89. The number of benzene rings is 2. The van der Waals surface area contributed by atoms with E-state index in [4.69, 9.17) is 9.88 Å². The van der Waals surface area contributed by atoms with Crippen LogP contribution in [0.15, 0.2) is 58.3 Å². The summed E-state index contributed by atoms with van der Waals surface area (Å²) >= 11 is 0. The molecule has 0 saturated carbocycles. The third-order valence-corrected chi connectivity index (χ3v) is 7.29. The van der Waals surface area contributed by atoms with Gasteiger partial charge in [0.25, 0.3) is 0 Å². The molecule has 0 unspecified atom stereocenters. The fraction of sp³-hybridized carbons (Fsp3) is 0.294. The van der Waals surface area contributed by atoms with E-state index in [0.717, 1.165) is 11.4 Å². The summed E-state index contributed by atoms with van der Waals surface area (Å²) in [5.74, 6) is 0.748. The molecule has 0 atom stereocenters. The normalized spacial score (nSPS) is 16.3. The zero-order valence-electron chi connectivity index (χ0n) is 14.8. The van der Waals surface area contributed by atoms with E-state index in [0.29, 0.717) is 26.2 Å². The van der Waals surface area contributed by atoms with Crippen LogP contribution < -0.4 is 14.8 Å². The van der Waals surface area contributed by atoms with Crippen molar-refractivity contribution in [2.24, 2.45) is 5.14 Å². The molecule has 1 saturated heterocycles. The first kappa shape index (κ1) is 19.6. The Bertz CT molecular complexity index is 1010. The SMILES string of the molecule is COc1cccc(N2CCN(S(=O)(=O)c3ccc(S(N)(=O)=O)cc3)CC2)c1. The zero-order chi connectivity index (χ0) is 19.7. The van der Waals surface area contributed by atoms with E-state index in [2.05, 4.69) is 4.90 Å². The van der Waals surface area contributed by atoms with Crippen molar-refractivity contribution < 1.29 is 21.6 Å². The second-order valence-electron chi connectivity index (χ2n) is 6.11. The number of anilines is 1. The molecule has 10 heteroatoms. The molecule has 146 valence electrons. The first-order valence-corrected chi connectivity index (χ1v) is 11.2. The van der Waals surface area contributed by atoms with Gasteiger partial charge in [0, 0.05) is 37.9 Å². The molecule has 2 aromatic carbocycles. The number of hydrogen-bond acceptors (Lipinski definition) is 6. The third-order valence-electron chi connectivity index (χ3n) is 4.45. The minimum Gasteiger partial charge on any atom is -0.497 e. The summed E-state index contributed by atoms with van der Waals surface area (Å²) in [7, 11) is -5.95. The van der Waals surface area contributed by atoms with Crippen LogP contribution in [0, 0.1) is 0 Å². The first-order valence-electron chi connectivity index (χ1n) is 8.24. The minimum absolute atomic E-state index is 0.0460. The number of piperazine rings is 1. The number of nitrogens with two attached hydrogens (primary N) is 1. The Balaban J connectivity index is 1.72.